The van der Waals surface area contributed by atoms with Crippen LogP contribution in [0.25, 0.3) is 15.9 Å². The summed E-state index contributed by atoms with van der Waals surface area (Å²) in [5.74, 6) is -0.731. The number of carbonyl (C=O) groups excluding carboxylic acids is 1. The van der Waals surface area contributed by atoms with E-state index in [4.69, 9.17) is 0 Å². The van der Waals surface area contributed by atoms with Crippen molar-refractivity contribution in [3.63, 3.8) is 0 Å². The van der Waals surface area contributed by atoms with Crippen molar-refractivity contribution < 1.29 is 9.18 Å². The molecule has 5 nitrogen and oxygen atoms in total. The molecule has 0 saturated carbocycles. The van der Waals surface area contributed by atoms with E-state index in [1.807, 2.05) is 32.0 Å². The lowest BCUT2D eigenvalue weighted by molar-refractivity contribution is -0.113. The highest BCUT2D eigenvalue weighted by Crippen LogP contribution is 2.25. The molecule has 1 amide bonds. The second-order valence-corrected chi connectivity index (χ2v) is 8.62. The van der Waals surface area contributed by atoms with Gasteiger partial charge in [0.1, 0.15) is 10.5 Å². The van der Waals surface area contributed by atoms with Crippen LogP contribution in [0.4, 0.5) is 10.1 Å². The van der Waals surface area contributed by atoms with Crippen LogP contribution in [0.3, 0.4) is 0 Å². The third-order valence-electron chi connectivity index (χ3n) is 4.67. The Morgan fingerprint density at radius 1 is 1.17 bits per heavy atom. The minimum atomic E-state index is -0.529. The summed E-state index contributed by atoms with van der Waals surface area (Å²) in [6, 6.07) is 13.5. The maximum atomic E-state index is 14.4. The number of hydrogen-bond acceptors (Lipinski definition) is 5. The summed E-state index contributed by atoms with van der Waals surface area (Å²) in [5.41, 5.74) is 3.23. The molecule has 0 radical (unpaired) electrons. The van der Waals surface area contributed by atoms with Crippen molar-refractivity contribution in [3.05, 3.63) is 81.2 Å². The Kier molecular flexibility index (Phi) is 5.69. The van der Waals surface area contributed by atoms with Gasteiger partial charge < -0.3 is 5.32 Å². The first-order valence-electron chi connectivity index (χ1n) is 9.19. The lowest BCUT2D eigenvalue weighted by Gasteiger charge is -2.13. The van der Waals surface area contributed by atoms with Crippen molar-refractivity contribution in [2.75, 3.05) is 11.1 Å². The lowest BCUT2D eigenvalue weighted by Crippen LogP contribution is -2.23. The number of nitrogens with zero attached hydrogens (tertiary/aromatic N) is 2. The molecule has 0 aliphatic carbocycles. The molecule has 0 spiro atoms. The van der Waals surface area contributed by atoms with E-state index in [9.17, 15) is 14.0 Å². The number of para-hydroxylation sites is 1. The predicted octanol–water partition coefficient (Wildman–Crippen LogP) is 4.93. The van der Waals surface area contributed by atoms with Gasteiger partial charge in [0.25, 0.3) is 5.56 Å². The molecule has 0 aliphatic heterocycles. The van der Waals surface area contributed by atoms with Gasteiger partial charge in [-0.05, 0) is 60.7 Å². The van der Waals surface area contributed by atoms with Crippen molar-refractivity contribution >= 4 is 44.9 Å². The van der Waals surface area contributed by atoms with E-state index in [1.54, 1.807) is 23.6 Å². The van der Waals surface area contributed by atoms with Crippen molar-refractivity contribution in [1.29, 1.82) is 0 Å². The number of thiophene rings is 1. The Bertz CT molecular complexity index is 1310. The quantitative estimate of drug-likeness (QED) is 0.354. The summed E-state index contributed by atoms with van der Waals surface area (Å²) in [6.45, 7) is 3.98. The first-order chi connectivity index (χ1) is 14.4. The number of nitrogens with one attached hydrogen (secondary N) is 1. The van der Waals surface area contributed by atoms with Crippen LogP contribution in [0.15, 0.2) is 63.9 Å². The Hall–Kier alpha value is -2.97. The molecular weight excluding hydrogens is 421 g/mol. The van der Waals surface area contributed by atoms with Crippen LogP contribution >= 0.6 is 23.1 Å². The van der Waals surface area contributed by atoms with Crippen LogP contribution in [-0.2, 0) is 4.79 Å². The van der Waals surface area contributed by atoms with E-state index in [1.165, 1.54) is 28.0 Å². The van der Waals surface area contributed by atoms with E-state index < -0.39 is 5.82 Å². The zero-order chi connectivity index (χ0) is 21.3. The first kappa shape index (κ1) is 20.3. The molecule has 8 heteroatoms. The van der Waals surface area contributed by atoms with E-state index >= 15 is 0 Å². The topological polar surface area (TPSA) is 64.0 Å². The fourth-order valence-electron chi connectivity index (χ4n) is 2.98. The highest BCUT2D eigenvalue weighted by atomic mass is 32.2. The fourth-order valence-corrected chi connectivity index (χ4v) is 4.55. The van der Waals surface area contributed by atoms with E-state index in [2.05, 4.69) is 10.3 Å². The number of benzene rings is 2. The van der Waals surface area contributed by atoms with Gasteiger partial charge in [0.15, 0.2) is 5.16 Å². The van der Waals surface area contributed by atoms with Gasteiger partial charge in [-0.25, -0.2) is 9.37 Å². The summed E-state index contributed by atoms with van der Waals surface area (Å²) in [4.78, 5) is 30.0. The number of aryl methyl sites for hydroxylation is 2. The van der Waals surface area contributed by atoms with Crippen LogP contribution in [0.5, 0.6) is 0 Å². The average Bonchev–Trinajstić information content (AvgIpc) is 3.19. The molecule has 1 N–H and O–H groups in total. The van der Waals surface area contributed by atoms with Crippen molar-refractivity contribution in [2.24, 2.45) is 0 Å². The maximum Gasteiger partial charge on any atom is 0.276 e. The van der Waals surface area contributed by atoms with Gasteiger partial charge in [0.2, 0.25) is 5.91 Å². The highest BCUT2D eigenvalue weighted by molar-refractivity contribution is 7.99. The Labute approximate surface area is 180 Å². The van der Waals surface area contributed by atoms with Crippen molar-refractivity contribution in [1.82, 2.24) is 9.55 Å². The second kappa shape index (κ2) is 8.41. The SMILES string of the molecule is Cc1ccc(NC(=O)CSc2nc3ccsc3c(=O)n2-c2ccccc2F)cc1C. The van der Waals surface area contributed by atoms with E-state index in [0.29, 0.717) is 15.9 Å². The molecule has 2 heterocycles. The number of aromatic nitrogens is 2. The third-order valence-corrected chi connectivity index (χ3v) is 6.50. The number of hydrogen-bond donors (Lipinski definition) is 1. The second-order valence-electron chi connectivity index (χ2n) is 6.76. The highest BCUT2D eigenvalue weighted by Gasteiger charge is 2.17. The van der Waals surface area contributed by atoms with Gasteiger partial charge in [0.05, 0.1) is 17.0 Å². The van der Waals surface area contributed by atoms with E-state index in [0.717, 1.165) is 22.9 Å². The number of fused-ring (bicyclic) bond motifs is 1. The largest absolute Gasteiger partial charge is 0.325 e. The molecule has 0 aliphatic rings. The normalized spacial score (nSPS) is 11.0. The van der Waals surface area contributed by atoms with Crippen LogP contribution in [0, 0.1) is 19.7 Å². The van der Waals surface area contributed by atoms with Gasteiger partial charge >= 0.3 is 0 Å². The van der Waals surface area contributed by atoms with E-state index in [-0.39, 0.29) is 28.1 Å². The van der Waals surface area contributed by atoms with Crippen LogP contribution < -0.4 is 10.9 Å². The Morgan fingerprint density at radius 3 is 2.73 bits per heavy atom. The molecule has 4 rings (SSSR count). The predicted molar refractivity (Wildman–Crippen MR) is 120 cm³/mol. The maximum absolute atomic E-state index is 14.4. The first-order valence-corrected chi connectivity index (χ1v) is 11.1. The smallest absolute Gasteiger partial charge is 0.276 e. The molecule has 2 aromatic heterocycles. The van der Waals surface area contributed by atoms with Gasteiger partial charge in [-0.1, -0.05) is 30.0 Å². The molecule has 0 fully saturated rings. The van der Waals surface area contributed by atoms with Gasteiger partial charge in [-0.3, -0.25) is 14.2 Å². The molecular formula is C22H18FN3O2S2. The van der Waals surface area contributed by atoms with Gasteiger partial charge in [-0.15, -0.1) is 11.3 Å². The molecule has 152 valence electrons. The molecule has 30 heavy (non-hydrogen) atoms. The minimum Gasteiger partial charge on any atom is -0.325 e. The number of halogens is 1. The van der Waals surface area contributed by atoms with Gasteiger partial charge in [0, 0.05) is 5.69 Å². The lowest BCUT2D eigenvalue weighted by atomic mass is 10.1. The Morgan fingerprint density at radius 2 is 1.97 bits per heavy atom. The number of amides is 1. The summed E-state index contributed by atoms with van der Waals surface area (Å²) < 4.78 is 16.1. The van der Waals surface area contributed by atoms with Crippen LogP contribution in [0.1, 0.15) is 11.1 Å². The Balaban J connectivity index is 1.64. The molecule has 0 unspecified atom stereocenters. The number of anilines is 1. The average molecular weight is 440 g/mol. The number of carbonyl (C=O) groups is 1. The fraction of sp³-hybridized carbons (Fsp3) is 0.136. The summed E-state index contributed by atoms with van der Waals surface area (Å²) >= 11 is 2.35. The number of thioether (sulfide) groups is 1. The number of rotatable bonds is 5. The van der Waals surface area contributed by atoms with Gasteiger partial charge in [-0.2, -0.15) is 0 Å². The van der Waals surface area contributed by atoms with Crippen molar-refractivity contribution in [2.45, 2.75) is 19.0 Å². The monoisotopic (exact) mass is 439 g/mol. The minimum absolute atomic E-state index is 0.0312. The molecule has 0 bridgehead atoms. The third kappa shape index (κ3) is 4.01. The summed E-state index contributed by atoms with van der Waals surface area (Å²) in [7, 11) is 0. The summed E-state index contributed by atoms with van der Waals surface area (Å²) in [6.07, 6.45) is 0. The molecule has 0 saturated heterocycles. The molecule has 0 atom stereocenters. The zero-order valence-electron chi connectivity index (χ0n) is 16.3. The zero-order valence-corrected chi connectivity index (χ0v) is 17.9. The molecule has 2 aromatic carbocycles. The summed E-state index contributed by atoms with van der Waals surface area (Å²) in [5, 5.41) is 4.89. The molecule has 4 aromatic rings. The standard InChI is InChI=1S/C22H18FN3O2S2/c1-13-7-8-15(11-14(13)2)24-19(27)12-30-22-25-17-9-10-29-20(17)21(28)26(22)18-6-4-3-5-16(18)23/h3-11H,12H2,1-2H3,(H,24,27). The van der Waals surface area contributed by atoms with Crippen LogP contribution in [-0.4, -0.2) is 21.2 Å². The van der Waals surface area contributed by atoms with Crippen LogP contribution in [0.2, 0.25) is 0 Å². The van der Waals surface area contributed by atoms with Crippen molar-refractivity contribution in [3.8, 4) is 5.69 Å².